The Kier molecular flexibility index (Phi) is 3.89. The third-order valence-corrected chi connectivity index (χ3v) is 2.49. The van der Waals surface area contributed by atoms with Gasteiger partial charge in [0.1, 0.15) is 0 Å². The van der Waals surface area contributed by atoms with Crippen molar-refractivity contribution < 1.29 is 22.8 Å². The fraction of sp³-hybridized carbons (Fsp3) is 0.231. The van der Waals surface area contributed by atoms with E-state index in [0.717, 1.165) is 0 Å². The quantitative estimate of drug-likeness (QED) is 0.882. The lowest BCUT2D eigenvalue weighted by atomic mass is 10.1. The lowest BCUT2D eigenvalue weighted by Crippen LogP contribution is -2.29. The van der Waals surface area contributed by atoms with Gasteiger partial charge in [0.25, 0.3) is 5.91 Å². The maximum atomic E-state index is 11.9. The number of aromatic nitrogens is 1. The number of hydroxylamine groups is 1. The first-order chi connectivity index (χ1) is 9.37. The van der Waals surface area contributed by atoms with E-state index >= 15 is 0 Å². The molecule has 0 fully saturated rings. The molecule has 1 amide bonds. The van der Waals surface area contributed by atoms with Gasteiger partial charge >= 0.3 is 6.18 Å². The Morgan fingerprint density at radius 3 is 2.75 bits per heavy atom. The molecule has 4 nitrogen and oxygen atoms in total. The minimum absolute atomic E-state index is 0.218. The number of alkyl halides is 3. The van der Waals surface area contributed by atoms with Crippen LogP contribution in [0.3, 0.4) is 0 Å². The monoisotopic (exact) mass is 284 g/mol. The molecule has 0 unspecified atom stereocenters. The molecule has 7 heteroatoms. The van der Waals surface area contributed by atoms with Gasteiger partial charge in [0, 0.05) is 11.1 Å². The standard InChI is InChI=1S/C13H11F3N2O2/c1-8-6-10(9-4-2-3-5-11(9)17-8)12(19)18-20-7-13(14,15)16/h2-6H,7H2,1H3,(H,18,19). The molecule has 2 aromatic rings. The predicted octanol–water partition coefficient (Wildman–Crippen LogP) is 2.77. The van der Waals surface area contributed by atoms with Gasteiger partial charge in [-0.05, 0) is 19.1 Å². The second-order valence-electron chi connectivity index (χ2n) is 4.16. The van der Waals surface area contributed by atoms with Crippen molar-refractivity contribution in [2.45, 2.75) is 13.1 Å². The van der Waals surface area contributed by atoms with Crippen LogP contribution in [0, 0.1) is 6.92 Å². The molecule has 0 atom stereocenters. The number of halogens is 3. The smallest absolute Gasteiger partial charge is 0.267 e. The molecule has 0 bridgehead atoms. The van der Waals surface area contributed by atoms with E-state index in [1.807, 2.05) is 0 Å². The van der Waals surface area contributed by atoms with Crippen molar-refractivity contribution in [3.63, 3.8) is 0 Å². The fourth-order valence-electron chi connectivity index (χ4n) is 1.73. The van der Waals surface area contributed by atoms with Crippen molar-refractivity contribution in [1.82, 2.24) is 10.5 Å². The number of aryl methyl sites for hydroxylation is 1. The molecule has 0 aliphatic rings. The van der Waals surface area contributed by atoms with Crippen LogP contribution in [0.5, 0.6) is 0 Å². The Labute approximate surface area is 112 Å². The van der Waals surface area contributed by atoms with Crippen molar-refractivity contribution in [2.24, 2.45) is 0 Å². The Bertz CT molecular complexity index is 641. The SMILES string of the molecule is Cc1cc(C(=O)NOCC(F)(F)F)c2ccccc2n1. The van der Waals surface area contributed by atoms with Crippen LogP contribution in [0.4, 0.5) is 13.2 Å². The van der Waals surface area contributed by atoms with E-state index in [1.54, 1.807) is 36.7 Å². The van der Waals surface area contributed by atoms with Gasteiger partial charge in [0.2, 0.25) is 0 Å². The summed E-state index contributed by atoms with van der Waals surface area (Å²) in [6.07, 6.45) is -4.50. The summed E-state index contributed by atoms with van der Waals surface area (Å²) in [5.74, 6) is -0.740. The molecule has 0 spiro atoms. The number of hydrogen-bond donors (Lipinski definition) is 1. The van der Waals surface area contributed by atoms with Crippen LogP contribution in [0.25, 0.3) is 10.9 Å². The third-order valence-electron chi connectivity index (χ3n) is 2.49. The van der Waals surface area contributed by atoms with Crippen molar-refractivity contribution in [1.29, 1.82) is 0 Å². The predicted molar refractivity (Wildman–Crippen MR) is 66.0 cm³/mol. The zero-order chi connectivity index (χ0) is 14.8. The van der Waals surface area contributed by atoms with Gasteiger partial charge in [-0.25, -0.2) is 5.48 Å². The highest BCUT2D eigenvalue weighted by atomic mass is 19.4. The minimum atomic E-state index is -4.50. The molecular weight excluding hydrogens is 273 g/mol. The van der Waals surface area contributed by atoms with Gasteiger partial charge in [0.15, 0.2) is 6.61 Å². The topological polar surface area (TPSA) is 51.2 Å². The second kappa shape index (κ2) is 5.46. The maximum absolute atomic E-state index is 11.9. The highest BCUT2D eigenvalue weighted by Gasteiger charge is 2.28. The molecule has 0 saturated heterocycles. The van der Waals surface area contributed by atoms with Gasteiger partial charge in [0.05, 0.1) is 11.1 Å². The molecule has 0 aliphatic heterocycles. The molecule has 1 heterocycles. The number of carbonyl (C=O) groups excluding carboxylic acids is 1. The second-order valence-corrected chi connectivity index (χ2v) is 4.16. The summed E-state index contributed by atoms with van der Waals surface area (Å²) in [6, 6.07) is 8.36. The summed E-state index contributed by atoms with van der Waals surface area (Å²) in [6.45, 7) is 0.153. The summed E-state index contributed by atoms with van der Waals surface area (Å²) < 4.78 is 35.8. The van der Waals surface area contributed by atoms with Crippen LogP contribution < -0.4 is 5.48 Å². The Balaban J connectivity index is 2.22. The van der Waals surface area contributed by atoms with E-state index in [4.69, 9.17) is 0 Å². The summed E-state index contributed by atoms with van der Waals surface area (Å²) in [7, 11) is 0. The average Bonchev–Trinajstić information content (AvgIpc) is 2.36. The molecule has 0 aliphatic carbocycles. The lowest BCUT2D eigenvalue weighted by molar-refractivity contribution is -0.184. The normalized spacial score (nSPS) is 11.6. The third kappa shape index (κ3) is 3.45. The van der Waals surface area contributed by atoms with Crippen LogP contribution in [0.2, 0.25) is 0 Å². The van der Waals surface area contributed by atoms with Gasteiger partial charge in [-0.15, -0.1) is 0 Å². The molecule has 20 heavy (non-hydrogen) atoms. The number of carbonyl (C=O) groups is 1. The Hall–Kier alpha value is -2.15. The number of para-hydroxylation sites is 1. The number of nitrogens with zero attached hydrogens (tertiary/aromatic N) is 1. The van der Waals surface area contributed by atoms with Crippen LogP contribution in [-0.4, -0.2) is 23.7 Å². The molecule has 0 saturated carbocycles. The van der Waals surface area contributed by atoms with Gasteiger partial charge < -0.3 is 0 Å². The zero-order valence-electron chi connectivity index (χ0n) is 10.5. The first-order valence-electron chi connectivity index (χ1n) is 5.72. The maximum Gasteiger partial charge on any atom is 0.414 e. The van der Waals surface area contributed by atoms with Crippen molar-refractivity contribution in [3.8, 4) is 0 Å². The number of nitrogens with one attached hydrogen (secondary N) is 1. The van der Waals surface area contributed by atoms with Crippen molar-refractivity contribution in [2.75, 3.05) is 6.61 Å². The highest BCUT2D eigenvalue weighted by Crippen LogP contribution is 2.18. The molecule has 1 aromatic carbocycles. The van der Waals surface area contributed by atoms with E-state index < -0.39 is 18.7 Å². The number of rotatable bonds is 3. The van der Waals surface area contributed by atoms with E-state index in [-0.39, 0.29) is 5.56 Å². The molecule has 106 valence electrons. The summed E-state index contributed by atoms with van der Waals surface area (Å²) in [5, 5.41) is 0.547. The minimum Gasteiger partial charge on any atom is -0.267 e. The molecule has 1 aromatic heterocycles. The summed E-state index contributed by atoms with van der Waals surface area (Å²) in [5.41, 5.74) is 3.18. The number of hydrogen-bond acceptors (Lipinski definition) is 3. The molecular formula is C13H11F3N2O2. The molecule has 1 N–H and O–H groups in total. The first-order valence-corrected chi connectivity index (χ1v) is 5.72. The Morgan fingerprint density at radius 1 is 1.35 bits per heavy atom. The van der Waals surface area contributed by atoms with Gasteiger partial charge in [-0.2, -0.15) is 13.2 Å². The number of benzene rings is 1. The van der Waals surface area contributed by atoms with Crippen LogP contribution in [-0.2, 0) is 4.84 Å². The molecule has 0 radical (unpaired) electrons. The zero-order valence-corrected chi connectivity index (χ0v) is 10.5. The van der Waals surface area contributed by atoms with E-state index in [9.17, 15) is 18.0 Å². The van der Waals surface area contributed by atoms with E-state index in [2.05, 4.69) is 9.82 Å². The largest absolute Gasteiger partial charge is 0.414 e. The van der Waals surface area contributed by atoms with Crippen LogP contribution in [0.15, 0.2) is 30.3 Å². The average molecular weight is 284 g/mol. The van der Waals surface area contributed by atoms with E-state index in [1.165, 1.54) is 6.07 Å². The Morgan fingerprint density at radius 2 is 2.05 bits per heavy atom. The number of fused-ring (bicyclic) bond motifs is 1. The number of pyridine rings is 1. The lowest BCUT2D eigenvalue weighted by Gasteiger charge is -2.10. The molecule has 2 rings (SSSR count). The van der Waals surface area contributed by atoms with Crippen molar-refractivity contribution >= 4 is 16.8 Å². The first kappa shape index (κ1) is 14.3. The van der Waals surface area contributed by atoms with E-state index in [0.29, 0.717) is 16.6 Å². The van der Waals surface area contributed by atoms with Crippen molar-refractivity contribution in [3.05, 3.63) is 41.6 Å². The summed E-state index contributed by atoms with van der Waals surface area (Å²) >= 11 is 0. The fourth-order valence-corrected chi connectivity index (χ4v) is 1.73. The summed E-state index contributed by atoms with van der Waals surface area (Å²) in [4.78, 5) is 20.3. The van der Waals surface area contributed by atoms with Gasteiger partial charge in [-0.3, -0.25) is 14.6 Å². The highest BCUT2D eigenvalue weighted by molar-refractivity contribution is 6.05. The van der Waals surface area contributed by atoms with Crippen LogP contribution in [0.1, 0.15) is 16.1 Å². The number of amides is 1. The van der Waals surface area contributed by atoms with Crippen LogP contribution >= 0.6 is 0 Å². The van der Waals surface area contributed by atoms with Gasteiger partial charge in [-0.1, -0.05) is 18.2 Å².